The Bertz CT molecular complexity index is 723. The van der Waals surface area contributed by atoms with Crippen molar-refractivity contribution in [1.82, 2.24) is 10.3 Å². The van der Waals surface area contributed by atoms with Gasteiger partial charge in [-0.1, -0.05) is 49.9 Å². The van der Waals surface area contributed by atoms with E-state index in [-0.39, 0.29) is 17.6 Å². The summed E-state index contributed by atoms with van der Waals surface area (Å²) >= 11 is 1.37. The van der Waals surface area contributed by atoms with Crippen molar-refractivity contribution in [2.24, 2.45) is 5.92 Å². The first-order valence-electron chi connectivity index (χ1n) is 7.15. The quantitative estimate of drug-likeness (QED) is 0.859. The Balaban J connectivity index is 1.99. The maximum atomic E-state index is 12.0. The molecule has 1 heterocycles. The van der Waals surface area contributed by atoms with Crippen LogP contribution >= 0.6 is 11.8 Å². The van der Waals surface area contributed by atoms with Gasteiger partial charge < -0.3 is 5.32 Å². The van der Waals surface area contributed by atoms with Crippen LogP contribution in [0, 0.1) is 17.2 Å². The molecule has 0 unspecified atom stereocenters. The molecule has 114 valence electrons. The molecule has 0 radical (unpaired) electrons. The minimum Gasteiger partial charge on any atom is -0.337 e. The van der Waals surface area contributed by atoms with E-state index in [0.717, 1.165) is 15.9 Å². The Morgan fingerprint density at radius 2 is 2.09 bits per heavy atom. The monoisotopic (exact) mass is 313 g/mol. The molecule has 1 aromatic heterocycles. The number of fused-ring (bicyclic) bond motifs is 1. The van der Waals surface area contributed by atoms with Gasteiger partial charge in [-0.2, -0.15) is 5.26 Å². The lowest BCUT2D eigenvalue weighted by Crippen LogP contribution is -2.49. The molecule has 22 heavy (non-hydrogen) atoms. The molecular weight excluding hydrogens is 294 g/mol. The maximum Gasteiger partial charge on any atom is 0.231 e. The van der Waals surface area contributed by atoms with Crippen LogP contribution in [0.1, 0.15) is 20.8 Å². The van der Waals surface area contributed by atoms with Crippen molar-refractivity contribution in [1.29, 1.82) is 5.26 Å². The van der Waals surface area contributed by atoms with E-state index < -0.39 is 5.54 Å². The van der Waals surface area contributed by atoms with E-state index in [4.69, 9.17) is 0 Å². The van der Waals surface area contributed by atoms with E-state index in [2.05, 4.69) is 16.4 Å². The summed E-state index contributed by atoms with van der Waals surface area (Å²) in [5.41, 5.74) is 0.0750. The fourth-order valence-corrected chi connectivity index (χ4v) is 2.57. The largest absolute Gasteiger partial charge is 0.337 e. The number of nitrogens with one attached hydrogen (secondary N) is 1. The van der Waals surface area contributed by atoms with Crippen molar-refractivity contribution in [3.05, 3.63) is 36.4 Å². The second-order valence-corrected chi connectivity index (χ2v) is 6.64. The van der Waals surface area contributed by atoms with Gasteiger partial charge in [0, 0.05) is 5.39 Å². The number of benzene rings is 1. The highest BCUT2D eigenvalue weighted by Gasteiger charge is 2.29. The first kappa shape index (κ1) is 16.3. The Morgan fingerprint density at radius 3 is 2.77 bits per heavy atom. The zero-order chi connectivity index (χ0) is 16.2. The Kier molecular flexibility index (Phi) is 5.04. The number of pyridine rings is 1. The van der Waals surface area contributed by atoms with Crippen LogP contribution in [0.4, 0.5) is 0 Å². The minimum atomic E-state index is -0.839. The van der Waals surface area contributed by atoms with Crippen molar-refractivity contribution in [3.63, 3.8) is 0 Å². The predicted molar refractivity (Wildman–Crippen MR) is 89.5 cm³/mol. The SMILES string of the molecule is CC(C)[C@@](C)(C#N)NC(=O)CSc1ccc2ccccc2n1. The summed E-state index contributed by atoms with van der Waals surface area (Å²) in [7, 11) is 0. The van der Waals surface area contributed by atoms with Gasteiger partial charge in [-0.25, -0.2) is 4.98 Å². The third kappa shape index (κ3) is 3.77. The number of para-hydroxylation sites is 1. The van der Waals surface area contributed by atoms with Gasteiger partial charge in [-0.3, -0.25) is 4.79 Å². The molecule has 0 saturated heterocycles. The number of thioether (sulfide) groups is 1. The molecule has 2 rings (SSSR count). The van der Waals surface area contributed by atoms with E-state index in [1.54, 1.807) is 6.92 Å². The third-order valence-electron chi connectivity index (χ3n) is 3.71. The fourth-order valence-electron chi connectivity index (χ4n) is 1.89. The Labute approximate surface area is 134 Å². The standard InChI is InChI=1S/C17H19N3OS/c1-12(2)17(3,11-18)20-15(21)10-22-16-9-8-13-6-4-5-7-14(13)19-16/h4-9,12H,10H2,1-3H3,(H,20,21)/t17-/m1/s1. The number of aromatic nitrogens is 1. The van der Waals surface area contributed by atoms with E-state index in [9.17, 15) is 10.1 Å². The average molecular weight is 313 g/mol. The van der Waals surface area contributed by atoms with E-state index in [0.29, 0.717) is 0 Å². The first-order chi connectivity index (χ1) is 10.4. The number of nitriles is 1. The second-order valence-electron chi connectivity index (χ2n) is 5.65. The second kappa shape index (κ2) is 6.80. The van der Waals surface area contributed by atoms with Crippen LogP contribution in [0.25, 0.3) is 10.9 Å². The summed E-state index contributed by atoms with van der Waals surface area (Å²) in [6, 6.07) is 13.9. The molecule has 1 amide bonds. The molecule has 0 saturated carbocycles. The van der Waals surface area contributed by atoms with Crippen LogP contribution in [-0.4, -0.2) is 22.2 Å². The zero-order valence-electron chi connectivity index (χ0n) is 13.0. The van der Waals surface area contributed by atoms with Crippen LogP contribution in [0.3, 0.4) is 0 Å². The van der Waals surface area contributed by atoms with Crippen molar-refractivity contribution >= 4 is 28.6 Å². The average Bonchev–Trinajstić information content (AvgIpc) is 2.52. The lowest BCUT2D eigenvalue weighted by atomic mass is 9.90. The number of hydrogen-bond donors (Lipinski definition) is 1. The molecule has 0 bridgehead atoms. The zero-order valence-corrected chi connectivity index (χ0v) is 13.8. The lowest BCUT2D eigenvalue weighted by Gasteiger charge is -2.27. The molecule has 0 spiro atoms. The maximum absolute atomic E-state index is 12.0. The highest BCUT2D eigenvalue weighted by molar-refractivity contribution is 7.99. The number of carbonyl (C=O) groups excluding carboxylic acids is 1. The number of carbonyl (C=O) groups is 1. The Morgan fingerprint density at radius 1 is 1.36 bits per heavy atom. The smallest absolute Gasteiger partial charge is 0.231 e. The van der Waals surface area contributed by atoms with Crippen molar-refractivity contribution in [2.75, 3.05) is 5.75 Å². The van der Waals surface area contributed by atoms with Crippen LogP contribution in [-0.2, 0) is 4.79 Å². The van der Waals surface area contributed by atoms with Crippen LogP contribution < -0.4 is 5.32 Å². The molecule has 2 aromatic rings. The highest BCUT2D eigenvalue weighted by Crippen LogP contribution is 2.20. The first-order valence-corrected chi connectivity index (χ1v) is 8.14. The van der Waals surface area contributed by atoms with Crippen molar-refractivity contribution in [3.8, 4) is 6.07 Å². The number of nitrogens with zero attached hydrogens (tertiary/aromatic N) is 2. The third-order valence-corrected chi connectivity index (χ3v) is 4.64. The summed E-state index contributed by atoms with van der Waals surface area (Å²) < 4.78 is 0. The molecule has 4 nitrogen and oxygen atoms in total. The predicted octanol–water partition coefficient (Wildman–Crippen LogP) is 3.38. The molecule has 5 heteroatoms. The molecule has 1 N–H and O–H groups in total. The summed E-state index contributed by atoms with van der Waals surface area (Å²) in [6.07, 6.45) is 0. The molecule has 0 fully saturated rings. The highest BCUT2D eigenvalue weighted by atomic mass is 32.2. The van der Waals surface area contributed by atoms with Gasteiger partial charge in [0.05, 0.1) is 22.4 Å². The van der Waals surface area contributed by atoms with E-state index >= 15 is 0 Å². The number of hydrogen-bond acceptors (Lipinski definition) is 4. The normalized spacial score (nSPS) is 13.6. The van der Waals surface area contributed by atoms with E-state index in [1.165, 1.54) is 11.8 Å². The van der Waals surface area contributed by atoms with Crippen LogP contribution in [0.15, 0.2) is 41.4 Å². The van der Waals surface area contributed by atoms with Gasteiger partial charge in [-0.05, 0) is 25.0 Å². The van der Waals surface area contributed by atoms with Gasteiger partial charge in [0.1, 0.15) is 5.54 Å². The lowest BCUT2D eigenvalue weighted by molar-refractivity contribution is -0.120. The van der Waals surface area contributed by atoms with Gasteiger partial charge in [0.25, 0.3) is 0 Å². The Hall–Kier alpha value is -2.06. The summed E-state index contributed by atoms with van der Waals surface area (Å²) in [5.74, 6) is 0.137. The number of rotatable bonds is 5. The fraction of sp³-hybridized carbons (Fsp3) is 0.353. The van der Waals surface area contributed by atoms with Crippen molar-refractivity contribution < 1.29 is 4.79 Å². The molecule has 0 aliphatic heterocycles. The summed E-state index contributed by atoms with van der Waals surface area (Å²) in [4.78, 5) is 16.6. The van der Waals surface area contributed by atoms with Gasteiger partial charge in [0.2, 0.25) is 5.91 Å². The van der Waals surface area contributed by atoms with Gasteiger partial charge in [-0.15, -0.1) is 0 Å². The molecule has 1 aromatic carbocycles. The summed E-state index contributed by atoms with van der Waals surface area (Å²) in [6.45, 7) is 5.58. The van der Waals surface area contributed by atoms with Gasteiger partial charge in [0.15, 0.2) is 0 Å². The van der Waals surface area contributed by atoms with Crippen molar-refractivity contribution in [2.45, 2.75) is 31.3 Å². The minimum absolute atomic E-state index is 0.0465. The molecule has 1 atom stereocenters. The van der Waals surface area contributed by atoms with E-state index in [1.807, 2.05) is 50.2 Å². The number of amides is 1. The van der Waals surface area contributed by atoms with Crippen LogP contribution in [0.5, 0.6) is 0 Å². The molecule has 0 aliphatic carbocycles. The molecular formula is C17H19N3OS. The summed E-state index contributed by atoms with van der Waals surface area (Å²) in [5, 5.41) is 13.9. The van der Waals surface area contributed by atoms with Crippen LogP contribution in [0.2, 0.25) is 0 Å². The topological polar surface area (TPSA) is 65.8 Å². The molecule has 0 aliphatic rings. The van der Waals surface area contributed by atoms with Gasteiger partial charge >= 0.3 is 0 Å².